The smallest absolute Gasteiger partial charge is 0.338 e. The van der Waals surface area contributed by atoms with Crippen LogP contribution in [0, 0.1) is 5.92 Å². The Morgan fingerprint density at radius 3 is 2.67 bits per heavy atom. The number of carbonyl (C=O) groups excluding carboxylic acids is 1. The van der Waals surface area contributed by atoms with E-state index in [9.17, 15) is 9.90 Å². The summed E-state index contributed by atoms with van der Waals surface area (Å²) in [5.41, 5.74) is 6.44. The van der Waals surface area contributed by atoms with Gasteiger partial charge in [0.05, 0.1) is 24.5 Å². The van der Waals surface area contributed by atoms with Crippen LogP contribution in [0.4, 0.5) is 5.69 Å². The first-order chi connectivity index (χ1) is 8.45. The Bertz CT molecular complexity index is 417. The highest BCUT2D eigenvalue weighted by atomic mass is 16.5. The molecular formula is C13H19NO4. The molecule has 3 N–H and O–H groups in total. The van der Waals surface area contributed by atoms with E-state index in [-0.39, 0.29) is 12.5 Å². The van der Waals surface area contributed by atoms with Gasteiger partial charge in [0.1, 0.15) is 12.4 Å². The molecule has 0 saturated carbocycles. The lowest BCUT2D eigenvalue weighted by Crippen LogP contribution is -2.23. The lowest BCUT2D eigenvalue weighted by molar-refractivity contribution is 0.0136. The number of esters is 1. The summed E-state index contributed by atoms with van der Waals surface area (Å²) >= 11 is 0. The molecule has 0 spiro atoms. The third kappa shape index (κ3) is 3.63. The molecular weight excluding hydrogens is 234 g/mol. The maximum absolute atomic E-state index is 11.7. The molecule has 0 bridgehead atoms. The number of anilines is 1. The number of aliphatic hydroxyl groups excluding tert-OH is 1. The van der Waals surface area contributed by atoms with E-state index in [0.717, 1.165) is 0 Å². The van der Waals surface area contributed by atoms with Gasteiger partial charge in [0.15, 0.2) is 0 Å². The van der Waals surface area contributed by atoms with E-state index in [2.05, 4.69) is 0 Å². The Labute approximate surface area is 107 Å². The van der Waals surface area contributed by atoms with E-state index in [1.54, 1.807) is 12.1 Å². The number of nitrogens with two attached hydrogens (primary N) is 1. The Hall–Kier alpha value is -1.75. The molecule has 5 nitrogen and oxygen atoms in total. The fourth-order valence-electron chi connectivity index (χ4n) is 1.27. The van der Waals surface area contributed by atoms with Crippen LogP contribution in [0.3, 0.4) is 0 Å². The number of benzene rings is 1. The number of hydrogen-bond donors (Lipinski definition) is 2. The van der Waals surface area contributed by atoms with Crippen LogP contribution in [-0.2, 0) is 4.74 Å². The van der Waals surface area contributed by atoms with E-state index < -0.39 is 12.1 Å². The summed E-state index contributed by atoms with van der Waals surface area (Å²) in [6, 6.07) is 4.65. The molecule has 0 aromatic heterocycles. The molecule has 5 heteroatoms. The molecule has 0 radical (unpaired) electrons. The highest BCUT2D eigenvalue weighted by Crippen LogP contribution is 2.22. The largest absolute Gasteiger partial charge is 0.495 e. The van der Waals surface area contributed by atoms with Crippen molar-refractivity contribution in [1.29, 1.82) is 0 Å². The Morgan fingerprint density at radius 1 is 1.44 bits per heavy atom. The lowest BCUT2D eigenvalue weighted by atomic mass is 10.1. The van der Waals surface area contributed by atoms with E-state index in [1.807, 2.05) is 13.8 Å². The van der Waals surface area contributed by atoms with Crippen LogP contribution < -0.4 is 10.5 Å². The summed E-state index contributed by atoms with van der Waals surface area (Å²) in [5.74, 6) is -0.0411. The second-order valence-corrected chi connectivity index (χ2v) is 4.37. The minimum Gasteiger partial charge on any atom is -0.495 e. The summed E-state index contributed by atoms with van der Waals surface area (Å²) in [5, 5.41) is 9.55. The maximum atomic E-state index is 11.7. The number of rotatable bonds is 5. The van der Waals surface area contributed by atoms with Crippen molar-refractivity contribution in [2.45, 2.75) is 20.0 Å². The highest BCUT2D eigenvalue weighted by molar-refractivity contribution is 5.90. The van der Waals surface area contributed by atoms with Gasteiger partial charge in [-0.25, -0.2) is 4.79 Å². The van der Waals surface area contributed by atoms with E-state index in [1.165, 1.54) is 13.2 Å². The van der Waals surface area contributed by atoms with Gasteiger partial charge < -0.3 is 20.3 Å². The van der Waals surface area contributed by atoms with Crippen LogP contribution in [0.1, 0.15) is 24.2 Å². The van der Waals surface area contributed by atoms with Gasteiger partial charge in [-0.2, -0.15) is 0 Å². The van der Waals surface area contributed by atoms with Gasteiger partial charge in [-0.15, -0.1) is 0 Å². The monoisotopic (exact) mass is 253 g/mol. The first kappa shape index (κ1) is 14.3. The van der Waals surface area contributed by atoms with Gasteiger partial charge in [-0.05, 0) is 24.1 Å². The number of carbonyl (C=O) groups is 1. The average Bonchev–Trinajstić information content (AvgIpc) is 2.35. The van der Waals surface area contributed by atoms with Crippen molar-refractivity contribution in [3.63, 3.8) is 0 Å². The minimum atomic E-state index is -0.662. The third-order valence-corrected chi connectivity index (χ3v) is 2.62. The summed E-state index contributed by atoms with van der Waals surface area (Å²) in [4.78, 5) is 11.7. The lowest BCUT2D eigenvalue weighted by Gasteiger charge is -2.14. The standard InChI is InChI=1S/C13H19NO4/c1-8(2)11(15)7-18-13(16)9-4-5-10(14)12(6-9)17-3/h4-6,8,11,15H,7,14H2,1-3H3. The van der Waals surface area contributed by atoms with Gasteiger partial charge in [-0.3, -0.25) is 0 Å². The van der Waals surface area contributed by atoms with Crippen LogP contribution in [0.15, 0.2) is 18.2 Å². The molecule has 1 aromatic carbocycles. The van der Waals surface area contributed by atoms with E-state index in [0.29, 0.717) is 17.0 Å². The molecule has 0 amide bonds. The molecule has 0 fully saturated rings. The summed E-state index contributed by atoms with van der Waals surface area (Å²) in [7, 11) is 1.48. The van der Waals surface area contributed by atoms with Gasteiger partial charge in [0, 0.05) is 0 Å². The second-order valence-electron chi connectivity index (χ2n) is 4.37. The van der Waals surface area contributed by atoms with Crippen molar-refractivity contribution < 1.29 is 19.4 Å². The van der Waals surface area contributed by atoms with Crippen molar-refractivity contribution in [2.75, 3.05) is 19.5 Å². The van der Waals surface area contributed by atoms with Gasteiger partial charge in [0.25, 0.3) is 0 Å². The Morgan fingerprint density at radius 2 is 2.11 bits per heavy atom. The topological polar surface area (TPSA) is 81.8 Å². The Kier molecular flexibility index (Phi) is 4.97. The molecule has 1 atom stereocenters. The average molecular weight is 253 g/mol. The normalized spacial score (nSPS) is 12.3. The highest BCUT2D eigenvalue weighted by Gasteiger charge is 2.14. The quantitative estimate of drug-likeness (QED) is 0.613. The summed E-state index contributed by atoms with van der Waals surface area (Å²) in [6.45, 7) is 3.68. The fraction of sp³-hybridized carbons (Fsp3) is 0.462. The number of aliphatic hydroxyl groups is 1. The van der Waals surface area contributed by atoms with Crippen LogP contribution in [-0.4, -0.2) is 30.9 Å². The van der Waals surface area contributed by atoms with Crippen LogP contribution in [0.25, 0.3) is 0 Å². The zero-order valence-corrected chi connectivity index (χ0v) is 10.8. The van der Waals surface area contributed by atoms with Gasteiger partial charge >= 0.3 is 5.97 Å². The van der Waals surface area contributed by atoms with Crippen molar-refractivity contribution in [3.8, 4) is 5.75 Å². The van der Waals surface area contributed by atoms with E-state index >= 15 is 0 Å². The van der Waals surface area contributed by atoms with Crippen LogP contribution >= 0.6 is 0 Å². The predicted octanol–water partition coefficient (Wildman–Crippen LogP) is 1.45. The zero-order chi connectivity index (χ0) is 13.7. The molecule has 1 unspecified atom stereocenters. The van der Waals surface area contributed by atoms with E-state index in [4.69, 9.17) is 15.2 Å². The predicted molar refractivity (Wildman–Crippen MR) is 68.5 cm³/mol. The minimum absolute atomic E-state index is 0.0246. The van der Waals surface area contributed by atoms with Crippen molar-refractivity contribution in [3.05, 3.63) is 23.8 Å². The number of ether oxygens (including phenoxy) is 2. The first-order valence-electron chi connectivity index (χ1n) is 5.74. The first-order valence-corrected chi connectivity index (χ1v) is 5.74. The molecule has 1 rings (SSSR count). The van der Waals surface area contributed by atoms with Crippen molar-refractivity contribution in [1.82, 2.24) is 0 Å². The fourth-order valence-corrected chi connectivity index (χ4v) is 1.27. The molecule has 18 heavy (non-hydrogen) atoms. The molecule has 100 valence electrons. The molecule has 0 aliphatic heterocycles. The summed E-state index contributed by atoms with van der Waals surface area (Å²) in [6.07, 6.45) is -0.662. The number of methoxy groups -OCH3 is 1. The third-order valence-electron chi connectivity index (χ3n) is 2.62. The van der Waals surface area contributed by atoms with Crippen molar-refractivity contribution in [2.24, 2.45) is 5.92 Å². The SMILES string of the molecule is COc1cc(C(=O)OCC(O)C(C)C)ccc1N. The van der Waals surface area contributed by atoms with Crippen LogP contribution in [0.5, 0.6) is 5.75 Å². The second kappa shape index (κ2) is 6.26. The molecule has 0 heterocycles. The van der Waals surface area contributed by atoms with Crippen molar-refractivity contribution >= 4 is 11.7 Å². The molecule has 0 aliphatic rings. The number of nitrogen functional groups attached to an aromatic ring is 1. The Balaban J connectivity index is 2.67. The zero-order valence-electron chi connectivity index (χ0n) is 10.8. The van der Waals surface area contributed by atoms with Gasteiger partial charge in [0.2, 0.25) is 0 Å². The van der Waals surface area contributed by atoms with Gasteiger partial charge in [-0.1, -0.05) is 13.8 Å². The number of hydrogen-bond acceptors (Lipinski definition) is 5. The molecule has 0 saturated heterocycles. The van der Waals surface area contributed by atoms with Crippen LogP contribution in [0.2, 0.25) is 0 Å². The maximum Gasteiger partial charge on any atom is 0.338 e. The molecule has 0 aliphatic carbocycles. The molecule has 1 aromatic rings. The summed E-state index contributed by atoms with van der Waals surface area (Å²) < 4.78 is 10.0.